The number of halogens is 1. The van der Waals surface area contributed by atoms with E-state index in [-0.39, 0.29) is 11.6 Å². The number of aromatic nitrogens is 1. The second-order valence-corrected chi connectivity index (χ2v) is 3.62. The maximum Gasteiger partial charge on any atom is 0.230 e. The second kappa shape index (κ2) is 4.45. The third-order valence-corrected chi connectivity index (χ3v) is 2.60. The Morgan fingerprint density at radius 3 is 2.71 bits per heavy atom. The molecule has 2 aromatic rings. The van der Waals surface area contributed by atoms with Gasteiger partial charge >= 0.3 is 0 Å². The molecule has 0 aliphatic carbocycles. The second-order valence-electron chi connectivity index (χ2n) is 3.62. The van der Waals surface area contributed by atoms with Crippen LogP contribution >= 0.6 is 0 Å². The zero-order valence-electron chi connectivity index (χ0n) is 9.66. The Morgan fingerprint density at radius 2 is 2.18 bits per heavy atom. The number of rotatable bonds is 3. The molecule has 4 nitrogen and oxygen atoms in total. The van der Waals surface area contributed by atoms with E-state index in [0.29, 0.717) is 11.1 Å². The quantitative estimate of drug-likeness (QED) is 0.889. The summed E-state index contributed by atoms with van der Waals surface area (Å²) in [6, 6.07) is 3.27. The van der Waals surface area contributed by atoms with Crippen molar-refractivity contribution in [1.82, 2.24) is 5.16 Å². The standard InChI is InChI=1S/C12H13FN2O2/c1-3-7-4-8(9-6-15-17-12(9)14)11(16-2)10(13)5-7/h4-6H,3,14H2,1-2H3. The van der Waals surface area contributed by atoms with Crippen molar-refractivity contribution in [2.24, 2.45) is 0 Å². The average molecular weight is 236 g/mol. The number of nitrogens with zero attached hydrogens (tertiary/aromatic N) is 1. The third-order valence-electron chi connectivity index (χ3n) is 2.60. The molecule has 0 unspecified atom stereocenters. The van der Waals surface area contributed by atoms with E-state index in [1.54, 1.807) is 0 Å². The molecule has 0 atom stereocenters. The molecule has 0 saturated heterocycles. The first-order valence-corrected chi connectivity index (χ1v) is 5.24. The molecule has 0 saturated carbocycles. The van der Waals surface area contributed by atoms with Crippen LogP contribution in [0.2, 0.25) is 0 Å². The van der Waals surface area contributed by atoms with Crippen LogP contribution in [-0.4, -0.2) is 12.3 Å². The van der Waals surface area contributed by atoms with Crippen molar-refractivity contribution >= 4 is 5.88 Å². The van der Waals surface area contributed by atoms with E-state index >= 15 is 0 Å². The summed E-state index contributed by atoms with van der Waals surface area (Å²) in [7, 11) is 1.41. The van der Waals surface area contributed by atoms with Crippen LogP contribution in [0.5, 0.6) is 5.75 Å². The largest absolute Gasteiger partial charge is 0.493 e. The molecule has 0 spiro atoms. The van der Waals surface area contributed by atoms with Crippen LogP contribution in [0.15, 0.2) is 22.9 Å². The topological polar surface area (TPSA) is 61.3 Å². The van der Waals surface area contributed by atoms with Gasteiger partial charge in [-0.1, -0.05) is 12.1 Å². The van der Waals surface area contributed by atoms with Gasteiger partial charge in [-0.3, -0.25) is 0 Å². The van der Waals surface area contributed by atoms with Crippen LogP contribution < -0.4 is 10.5 Å². The number of anilines is 1. The van der Waals surface area contributed by atoms with Crippen molar-refractivity contribution in [1.29, 1.82) is 0 Å². The van der Waals surface area contributed by atoms with Crippen molar-refractivity contribution in [3.63, 3.8) is 0 Å². The minimum absolute atomic E-state index is 0.149. The van der Waals surface area contributed by atoms with Crippen LogP contribution in [0.1, 0.15) is 12.5 Å². The Hall–Kier alpha value is -2.04. The summed E-state index contributed by atoms with van der Waals surface area (Å²) >= 11 is 0. The summed E-state index contributed by atoms with van der Waals surface area (Å²) in [5.74, 6) is -0.115. The molecule has 0 aliphatic heterocycles. The Bertz CT molecular complexity index is 537. The first-order chi connectivity index (χ1) is 8.17. The normalized spacial score (nSPS) is 10.5. The first-order valence-electron chi connectivity index (χ1n) is 5.24. The van der Waals surface area contributed by atoms with Gasteiger partial charge in [0.25, 0.3) is 0 Å². The lowest BCUT2D eigenvalue weighted by Crippen LogP contribution is -1.96. The van der Waals surface area contributed by atoms with Crippen molar-refractivity contribution in [3.8, 4) is 16.9 Å². The number of hydrogen-bond acceptors (Lipinski definition) is 4. The maximum absolute atomic E-state index is 13.8. The molecule has 2 rings (SSSR count). The molecule has 0 radical (unpaired) electrons. The van der Waals surface area contributed by atoms with E-state index in [1.807, 2.05) is 13.0 Å². The van der Waals surface area contributed by atoms with Crippen LogP contribution in [0.25, 0.3) is 11.1 Å². The van der Waals surface area contributed by atoms with Gasteiger partial charge in [-0.15, -0.1) is 0 Å². The molecular formula is C12H13FN2O2. The number of nitrogen functional groups attached to an aromatic ring is 1. The molecular weight excluding hydrogens is 223 g/mol. The first kappa shape index (κ1) is 11.4. The molecule has 90 valence electrons. The molecule has 0 fully saturated rings. The van der Waals surface area contributed by atoms with E-state index in [0.717, 1.165) is 12.0 Å². The zero-order valence-corrected chi connectivity index (χ0v) is 9.66. The highest BCUT2D eigenvalue weighted by molar-refractivity contribution is 5.77. The fourth-order valence-electron chi connectivity index (χ4n) is 1.71. The SMILES string of the molecule is CCc1cc(F)c(OC)c(-c2cnoc2N)c1. The summed E-state index contributed by atoms with van der Waals surface area (Å²) in [6.07, 6.45) is 2.17. The Labute approximate surface area is 98.2 Å². The molecule has 5 heteroatoms. The van der Waals surface area contributed by atoms with Gasteiger partial charge in [-0.25, -0.2) is 4.39 Å². The number of nitrogens with two attached hydrogens (primary N) is 1. The third kappa shape index (κ3) is 1.95. The molecule has 1 heterocycles. The van der Waals surface area contributed by atoms with Crippen LogP contribution in [0, 0.1) is 5.82 Å². The summed E-state index contributed by atoms with van der Waals surface area (Å²) in [5.41, 5.74) is 7.59. The zero-order chi connectivity index (χ0) is 12.4. The highest BCUT2D eigenvalue weighted by atomic mass is 19.1. The number of aryl methyl sites for hydroxylation is 1. The fourth-order valence-corrected chi connectivity index (χ4v) is 1.71. The monoisotopic (exact) mass is 236 g/mol. The summed E-state index contributed by atoms with van der Waals surface area (Å²) < 4.78 is 23.6. The van der Waals surface area contributed by atoms with Crippen LogP contribution in [0.4, 0.5) is 10.3 Å². The number of methoxy groups -OCH3 is 1. The Morgan fingerprint density at radius 1 is 1.41 bits per heavy atom. The summed E-state index contributed by atoms with van der Waals surface area (Å²) in [4.78, 5) is 0. The van der Waals surface area contributed by atoms with Gasteiger partial charge in [0.05, 0.1) is 18.9 Å². The molecule has 0 bridgehead atoms. The highest BCUT2D eigenvalue weighted by Gasteiger charge is 2.17. The van der Waals surface area contributed by atoms with Crippen LogP contribution in [-0.2, 0) is 6.42 Å². The molecule has 0 amide bonds. The van der Waals surface area contributed by atoms with Crippen molar-refractivity contribution < 1.29 is 13.7 Å². The van der Waals surface area contributed by atoms with E-state index in [9.17, 15) is 4.39 Å². The van der Waals surface area contributed by atoms with Gasteiger partial charge in [-0.05, 0) is 24.1 Å². The maximum atomic E-state index is 13.8. The Balaban J connectivity index is 2.66. The predicted octanol–water partition coefficient (Wildman–Crippen LogP) is 2.63. The van der Waals surface area contributed by atoms with Crippen molar-refractivity contribution in [2.45, 2.75) is 13.3 Å². The molecule has 1 aromatic heterocycles. The minimum Gasteiger partial charge on any atom is -0.493 e. The van der Waals surface area contributed by atoms with E-state index in [4.69, 9.17) is 15.0 Å². The highest BCUT2D eigenvalue weighted by Crippen LogP contribution is 2.36. The van der Waals surface area contributed by atoms with Crippen molar-refractivity contribution in [3.05, 3.63) is 29.7 Å². The van der Waals surface area contributed by atoms with Crippen molar-refractivity contribution in [2.75, 3.05) is 12.8 Å². The van der Waals surface area contributed by atoms with E-state index in [2.05, 4.69) is 5.16 Å². The smallest absolute Gasteiger partial charge is 0.230 e. The fraction of sp³-hybridized carbons (Fsp3) is 0.250. The molecule has 2 N–H and O–H groups in total. The molecule has 0 aliphatic rings. The number of hydrogen-bond donors (Lipinski definition) is 1. The molecule has 17 heavy (non-hydrogen) atoms. The summed E-state index contributed by atoms with van der Waals surface area (Å²) in [5, 5.41) is 3.58. The lowest BCUT2D eigenvalue weighted by Gasteiger charge is -2.10. The number of benzene rings is 1. The van der Waals surface area contributed by atoms with Gasteiger partial charge in [0.15, 0.2) is 11.6 Å². The average Bonchev–Trinajstić information content (AvgIpc) is 2.74. The number of ether oxygens (including phenoxy) is 1. The van der Waals surface area contributed by atoms with Gasteiger partial charge < -0.3 is 15.0 Å². The minimum atomic E-state index is -0.414. The van der Waals surface area contributed by atoms with E-state index in [1.165, 1.54) is 19.4 Å². The van der Waals surface area contributed by atoms with Gasteiger partial charge in [-0.2, -0.15) is 0 Å². The predicted molar refractivity (Wildman–Crippen MR) is 62.2 cm³/mol. The van der Waals surface area contributed by atoms with Gasteiger partial charge in [0.2, 0.25) is 5.88 Å². The van der Waals surface area contributed by atoms with Gasteiger partial charge in [0, 0.05) is 5.56 Å². The van der Waals surface area contributed by atoms with Gasteiger partial charge in [0.1, 0.15) is 0 Å². The Kier molecular flexibility index (Phi) is 2.99. The molecule has 1 aromatic carbocycles. The lowest BCUT2D eigenvalue weighted by atomic mass is 10.0. The van der Waals surface area contributed by atoms with E-state index < -0.39 is 5.82 Å². The lowest BCUT2D eigenvalue weighted by molar-refractivity contribution is 0.388. The summed E-state index contributed by atoms with van der Waals surface area (Å²) in [6.45, 7) is 1.95. The van der Waals surface area contributed by atoms with Crippen LogP contribution in [0.3, 0.4) is 0 Å².